The maximum Gasteiger partial charge on any atom is 0.247 e. The standard InChI is InChI=1S/C11H15FN2O4S3/c1-20(15,16)11-7-19-5-4-14(11)21(17,18)10-6-8(13)2-3-9(10)12/h2-3,6,11H,4-5,7,13H2,1H3. The first-order valence-corrected chi connectivity index (χ1v) is 10.5. The fourth-order valence-electron chi connectivity index (χ4n) is 2.02. The van der Waals surface area contributed by atoms with Crippen molar-refractivity contribution >= 4 is 37.3 Å². The molecule has 0 saturated carbocycles. The van der Waals surface area contributed by atoms with Crippen LogP contribution in [0.4, 0.5) is 10.1 Å². The zero-order valence-electron chi connectivity index (χ0n) is 11.2. The SMILES string of the molecule is CS(=O)(=O)C1CSCCN1S(=O)(=O)c1cc(N)ccc1F. The summed E-state index contributed by atoms with van der Waals surface area (Å²) >= 11 is 1.35. The number of nitrogens with two attached hydrogens (primary N) is 1. The van der Waals surface area contributed by atoms with E-state index in [1.807, 2.05) is 0 Å². The Labute approximate surface area is 127 Å². The van der Waals surface area contributed by atoms with Crippen molar-refractivity contribution in [1.82, 2.24) is 4.31 Å². The number of hydrogen-bond acceptors (Lipinski definition) is 6. The summed E-state index contributed by atoms with van der Waals surface area (Å²) in [6.45, 7) is 0.0129. The molecule has 1 aromatic rings. The Balaban J connectivity index is 2.53. The van der Waals surface area contributed by atoms with E-state index in [0.717, 1.165) is 22.7 Å². The lowest BCUT2D eigenvalue weighted by atomic mass is 10.3. The van der Waals surface area contributed by atoms with Crippen molar-refractivity contribution in [2.75, 3.05) is 30.0 Å². The van der Waals surface area contributed by atoms with Crippen molar-refractivity contribution in [1.29, 1.82) is 0 Å². The zero-order chi connectivity index (χ0) is 15.8. The molecule has 2 N–H and O–H groups in total. The number of rotatable bonds is 3. The van der Waals surface area contributed by atoms with Crippen molar-refractivity contribution < 1.29 is 21.2 Å². The lowest BCUT2D eigenvalue weighted by Crippen LogP contribution is -2.49. The van der Waals surface area contributed by atoms with Crippen molar-refractivity contribution in [2.24, 2.45) is 0 Å². The Bertz CT molecular complexity index is 749. The van der Waals surface area contributed by atoms with Gasteiger partial charge >= 0.3 is 0 Å². The average molecular weight is 354 g/mol. The van der Waals surface area contributed by atoms with Crippen LogP contribution in [0, 0.1) is 5.82 Å². The van der Waals surface area contributed by atoms with Gasteiger partial charge in [-0.05, 0) is 18.2 Å². The van der Waals surface area contributed by atoms with Crippen molar-refractivity contribution in [3.8, 4) is 0 Å². The van der Waals surface area contributed by atoms with Gasteiger partial charge in [0.05, 0.1) is 0 Å². The smallest absolute Gasteiger partial charge is 0.247 e. The normalized spacial score (nSPS) is 21.3. The van der Waals surface area contributed by atoms with Gasteiger partial charge in [-0.15, -0.1) is 0 Å². The summed E-state index contributed by atoms with van der Waals surface area (Å²) in [4.78, 5) is -0.594. The van der Waals surface area contributed by atoms with E-state index in [-0.39, 0.29) is 18.0 Å². The van der Waals surface area contributed by atoms with Crippen LogP contribution in [0.1, 0.15) is 0 Å². The minimum atomic E-state index is -4.26. The molecule has 1 heterocycles. The molecule has 1 saturated heterocycles. The molecule has 0 bridgehead atoms. The molecule has 0 radical (unpaired) electrons. The summed E-state index contributed by atoms with van der Waals surface area (Å²) < 4.78 is 63.4. The number of nitrogens with zero attached hydrogens (tertiary/aromatic N) is 1. The van der Waals surface area contributed by atoms with Crippen molar-refractivity contribution in [3.63, 3.8) is 0 Å². The van der Waals surface area contributed by atoms with Crippen LogP contribution < -0.4 is 5.73 Å². The molecule has 6 nitrogen and oxygen atoms in total. The highest BCUT2D eigenvalue weighted by Crippen LogP contribution is 2.29. The van der Waals surface area contributed by atoms with Crippen LogP contribution in [0.3, 0.4) is 0 Å². The van der Waals surface area contributed by atoms with Gasteiger partial charge in [0, 0.05) is 30.0 Å². The number of thioether (sulfide) groups is 1. The molecule has 0 aliphatic carbocycles. The molecular weight excluding hydrogens is 339 g/mol. The topological polar surface area (TPSA) is 97.5 Å². The zero-order valence-corrected chi connectivity index (χ0v) is 13.6. The van der Waals surface area contributed by atoms with E-state index in [4.69, 9.17) is 5.73 Å². The Morgan fingerprint density at radius 2 is 2.00 bits per heavy atom. The number of nitrogen functional groups attached to an aromatic ring is 1. The Hall–Kier alpha value is -0.840. The lowest BCUT2D eigenvalue weighted by molar-refractivity contribution is 0.401. The van der Waals surface area contributed by atoms with Crippen LogP contribution in [-0.4, -0.2) is 50.8 Å². The molecule has 118 valence electrons. The number of sulfonamides is 1. The number of benzene rings is 1. The average Bonchev–Trinajstić information content (AvgIpc) is 2.40. The number of sulfone groups is 1. The van der Waals surface area contributed by atoms with Gasteiger partial charge in [0.1, 0.15) is 16.1 Å². The largest absolute Gasteiger partial charge is 0.399 e. The van der Waals surface area contributed by atoms with Gasteiger partial charge in [0.25, 0.3) is 0 Å². The van der Waals surface area contributed by atoms with Gasteiger partial charge in [-0.2, -0.15) is 16.1 Å². The summed E-state index contributed by atoms with van der Waals surface area (Å²) in [6.07, 6.45) is 0.974. The summed E-state index contributed by atoms with van der Waals surface area (Å²) in [5.41, 5.74) is 5.60. The second-order valence-electron chi connectivity index (χ2n) is 4.66. The van der Waals surface area contributed by atoms with E-state index in [2.05, 4.69) is 0 Å². The summed E-state index contributed by atoms with van der Waals surface area (Å²) in [6, 6.07) is 3.20. The molecule has 1 aromatic carbocycles. The van der Waals surface area contributed by atoms with Gasteiger partial charge in [0.15, 0.2) is 9.84 Å². The molecule has 1 unspecified atom stereocenters. The quantitative estimate of drug-likeness (QED) is 0.795. The maximum absolute atomic E-state index is 13.8. The van der Waals surface area contributed by atoms with Crippen LogP contribution in [0.15, 0.2) is 23.1 Å². The molecule has 21 heavy (non-hydrogen) atoms. The van der Waals surface area contributed by atoms with Crippen LogP contribution in [0.2, 0.25) is 0 Å². The number of anilines is 1. The number of hydrogen-bond donors (Lipinski definition) is 1. The van der Waals surface area contributed by atoms with Gasteiger partial charge in [-0.1, -0.05) is 0 Å². The molecule has 0 amide bonds. The van der Waals surface area contributed by atoms with Gasteiger partial charge in [-0.25, -0.2) is 21.2 Å². The van der Waals surface area contributed by atoms with E-state index in [9.17, 15) is 21.2 Å². The minimum absolute atomic E-state index is 0.0129. The first-order valence-electron chi connectivity index (χ1n) is 5.97. The molecule has 1 atom stereocenters. The van der Waals surface area contributed by atoms with E-state index < -0.39 is 35.9 Å². The predicted molar refractivity (Wildman–Crippen MR) is 80.7 cm³/mol. The van der Waals surface area contributed by atoms with Crippen LogP contribution in [0.25, 0.3) is 0 Å². The summed E-state index contributed by atoms with van der Waals surface area (Å²) in [5, 5.41) is -1.19. The van der Waals surface area contributed by atoms with E-state index in [1.165, 1.54) is 17.8 Å². The third-order valence-corrected chi connectivity index (χ3v) is 7.77. The molecule has 1 aliphatic heterocycles. The Morgan fingerprint density at radius 1 is 1.33 bits per heavy atom. The predicted octanol–water partition coefficient (Wildman–Crippen LogP) is 0.516. The van der Waals surface area contributed by atoms with E-state index >= 15 is 0 Å². The van der Waals surface area contributed by atoms with Crippen molar-refractivity contribution in [3.05, 3.63) is 24.0 Å². The fourth-order valence-corrected chi connectivity index (χ4v) is 7.29. The lowest BCUT2D eigenvalue weighted by Gasteiger charge is -2.33. The van der Waals surface area contributed by atoms with Crippen LogP contribution >= 0.6 is 11.8 Å². The van der Waals surface area contributed by atoms with E-state index in [1.54, 1.807) is 0 Å². The minimum Gasteiger partial charge on any atom is -0.399 e. The first-order chi connectivity index (χ1) is 9.64. The molecule has 0 spiro atoms. The molecule has 1 fully saturated rings. The van der Waals surface area contributed by atoms with Gasteiger partial charge < -0.3 is 5.73 Å². The monoisotopic (exact) mass is 354 g/mol. The van der Waals surface area contributed by atoms with E-state index in [0.29, 0.717) is 5.75 Å². The summed E-state index contributed by atoms with van der Waals surface area (Å²) in [5.74, 6) is -0.369. The molecule has 1 aliphatic rings. The highest BCUT2D eigenvalue weighted by atomic mass is 32.2. The molecule has 0 aromatic heterocycles. The highest BCUT2D eigenvalue weighted by molar-refractivity contribution is 8.01. The van der Waals surface area contributed by atoms with Crippen LogP contribution in [0.5, 0.6) is 0 Å². The molecule has 10 heteroatoms. The van der Waals surface area contributed by atoms with Gasteiger partial charge in [-0.3, -0.25) is 0 Å². The Kier molecular flexibility index (Phi) is 4.52. The second kappa shape index (κ2) is 5.75. The first kappa shape index (κ1) is 16.5. The van der Waals surface area contributed by atoms with Crippen LogP contribution in [-0.2, 0) is 19.9 Å². The maximum atomic E-state index is 13.8. The third kappa shape index (κ3) is 3.33. The highest BCUT2D eigenvalue weighted by Gasteiger charge is 2.40. The van der Waals surface area contributed by atoms with Crippen molar-refractivity contribution in [2.45, 2.75) is 10.3 Å². The summed E-state index contributed by atoms with van der Waals surface area (Å²) in [7, 11) is -7.88. The van der Waals surface area contributed by atoms with Gasteiger partial charge in [0.2, 0.25) is 10.0 Å². The second-order valence-corrected chi connectivity index (χ2v) is 9.88. The Morgan fingerprint density at radius 3 is 2.62 bits per heavy atom. The molecular formula is C11H15FN2O4S3. The third-order valence-electron chi connectivity index (χ3n) is 3.07. The number of halogens is 1. The molecule has 2 rings (SSSR count). The fraction of sp³-hybridized carbons (Fsp3) is 0.455.